The van der Waals surface area contributed by atoms with Crippen molar-refractivity contribution in [3.05, 3.63) is 77.0 Å². The molecule has 2 aromatic carbocycles. The number of ether oxygens (including phenoxy) is 1. The molecule has 3 rings (SSSR count). The van der Waals surface area contributed by atoms with E-state index in [4.69, 9.17) is 4.74 Å². The van der Waals surface area contributed by atoms with Crippen LogP contribution in [0.5, 0.6) is 0 Å². The molecule has 1 aromatic heterocycles. The zero-order chi connectivity index (χ0) is 25.8. The molecule has 8 nitrogen and oxygen atoms in total. The second-order valence-corrected chi connectivity index (χ2v) is 8.89. The maximum absolute atomic E-state index is 12.9. The molecule has 0 aliphatic heterocycles. The summed E-state index contributed by atoms with van der Waals surface area (Å²) in [6.45, 7) is 8.43. The second-order valence-electron chi connectivity index (χ2n) is 8.89. The van der Waals surface area contributed by atoms with Crippen LogP contribution in [0.2, 0.25) is 0 Å². The number of nitrogens with zero attached hydrogens (tertiary/aromatic N) is 2. The van der Waals surface area contributed by atoms with Gasteiger partial charge in [-0.15, -0.1) is 0 Å². The number of nitriles is 1. The number of pyridine rings is 1. The molecule has 0 unspecified atom stereocenters. The fourth-order valence-electron chi connectivity index (χ4n) is 3.36. The van der Waals surface area contributed by atoms with Crippen molar-refractivity contribution in [3.63, 3.8) is 0 Å². The van der Waals surface area contributed by atoms with E-state index >= 15 is 0 Å². The highest BCUT2D eigenvalue weighted by Crippen LogP contribution is 2.26. The predicted molar refractivity (Wildman–Crippen MR) is 133 cm³/mol. The number of ketones is 1. The van der Waals surface area contributed by atoms with Gasteiger partial charge >= 0.3 is 6.09 Å². The number of carbonyl (C=O) groups is 3. The lowest BCUT2D eigenvalue weighted by Crippen LogP contribution is -2.27. The molecule has 178 valence electrons. The molecule has 0 spiro atoms. The Balaban J connectivity index is 1.81. The summed E-state index contributed by atoms with van der Waals surface area (Å²) in [7, 11) is 0. The quantitative estimate of drug-likeness (QED) is 0.459. The van der Waals surface area contributed by atoms with Crippen LogP contribution in [0.4, 0.5) is 16.2 Å². The molecule has 2 N–H and O–H groups in total. The Morgan fingerprint density at radius 3 is 2.11 bits per heavy atom. The molecule has 3 aromatic rings. The largest absolute Gasteiger partial charge is 0.444 e. The monoisotopic (exact) mass is 470 g/mol. The van der Waals surface area contributed by atoms with Crippen LogP contribution in [0.25, 0.3) is 11.3 Å². The van der Waals surface area contributed by atoms with Gasteiger partial charge in [0, 0.05) is 22.4 Å². The van der Waals surface area contributed by atoms with Crippen molar-refractivity contribution in [1.82, 2.24) is 4.98 Å². The number of aryl methyl sites for hydroxylation is 1. The van der Waals surface area contributed by atoms with Crippen molar-refractivity contribution < 1.29 is 19.1 Å². The van der Waals surface area contributed by atoms with E-state index in [-0.39, 0.29) is 17.3 Å². The van der Waals surface area contributed by atoms with Crippen molar-refractivity contribution in [1.29, 1.82) is 5.26 Å². The van der Waals surface area contributed by atoms with Crippen LogP contribution in [0, 0.1) is 18.3 Å². The first-order valence-electron chi connectivity index (χ1n) is 10.9. The number of Topliss-reactive ketones (excluding diaryl/α,β-unsaturated/α-hetero) is 1. The summed E-state index contributed by atoms with van der Waals surface area (Å²) in [5, 5.41) is 15.0. The minimum absolute atomic E-state index is 0.161. The third-order valence-corrected chi connectivity index (χ3v) is 4.94. The average molecular weight is 471 g/mol. The first-order chi connectivity index (χ1) is 16.5. The summed E-state index contributed by atoms with van der Waals surface area (Å²) in [6.07, 6.45) is -0.629. The van der Waals surface area contributed by atoms with Crippen molar-refractivity contribution in [2.24, 2.45) is 0 Å². The first kappa shape index (κ1) is 25.1. The molecular weight excluding hydrogens is 444 g/mol. The molecule has 0 fully saturated rings. The van der Waals surface area contributed by atoms with Crippen LogP contribution < -0.4 is 10.6 Å². The van der Waals surface area contributed by atoms with Gasteiger partial charge in [0.15, 0.2) is 5.78 Å². The highest BCUT2D eigenvalue weighted by atomic mass is 16.6. The molecule has 1 heterocycles. The van der Waals surface area contributed by atoms with Gasteiger partial charge in [0.1, 0.15) is 11.7 Å². The Morgan fingerprint density at radius 2 is 1.57 bits per heavy atom. The van der Waals surface area contributed by atoms with E-state index in [0.29, 0.717) is 39.5 Å². The van der Waals surface area contributed by atoms with E-state index < -0.39 is 11.7 Å². The summed E-state index contributed by atoms with van der Waals surface area (Å²) in [6, 6.07) is 17.0. The standard InChI is InChI=1S/C27H26N4O4/c1-16-21(17(2)32)14-20(15-28)24(29-16)18-10-12-19(13-11-18)25(33)30-22-8-6-7-9-23(22)31-26(34)35-27(3,4)5/h6-14H,1-5H3,(H,30,33)(H,31,34). The van der Waals surface area contributed by atoms with Crippen molar-refractivity contribution >= 4 is 29.2 Å². The number of rotatable bonds is 5. The van der Waals surface area contributed by atoms with Gasteiger partial charge in [-0.3, -0.25) is 19.9 Å². The minimum Gasteiger partial charge on any atom is -0.444 e. The molecule has 0 saturated heterocycles. The number of aromatic nitrogens is 1. The Morgan fingerprint density at radius 1 is 0.971 bits per heavy atom. The number of benzene rings is 2. The lowest BCUT2D eigenvalue weighted by Gasteiger charge is -2.20. The predicted octanol–water partition coefficient (Wildman–Crippen LogP) is 5.73. The third-order valence-electron chi connectivity index (χ3n) is 4.94. The molecular formula is C27H26N4O4. The van der Waals surface area contributed by atoms with Gasteiger partial charge in [0.25, 0.3) is 5.91 Å². The number of hydrogen-bond acceptors (Lipinski definition) is 6. The highest BCUT2D eigenvalue weighted by molar-refractivity contribution is 6.07. The normalized spacial score (nSPS) is 10.7. The Kier molecular flexibility index (Phi) is 7.31. The molecule has 0 aliphatic carbocycles. The number of amides is 2. The van der Waals surface area contributed by atoms with Crippen LogP contribution >= 0.6 is 0 Å². The zero-order valence-electron chi connectivity index (χ0n) is 20.2. The maximum atomic E-state index is 12.9. The van der Waals surface area contributed by atoms with Gasteiger partial charge in [-0.05, 0) is 65.0 Å². The van der Waals surface area contributed by atoms with Crippen LogP contribution in [0.15, 0.2) is 54.6 Å². The molecule has 0 aliphatic rings. The van der Waals surface area contributed by atoms with E-state index in [2.05, 4.69) is 21.7 Å². The minimum atomic E-state index is -0.658. The van der Waals surface area contributed by atoms with Crippen LogP contribution in [0.3, 0.4) is 0 Å². The summed E-state index contributed by atoms with van der Waals surface area (Å²) < 4.78 is 5.28. The van der Waals surface area contributed by atoms with Crippen LogP contribution in [-0.2, 0) is 4.74 Å². The Hall–Kier alpha value is -4.51. The molecule has 0 saturated carbocycles. The number of anilines is 2. The summed E-state index contributed by atoms with van der Waals surface area (Å²) in [5.41, 5.74) is 2.82. The molecule has 0 bridgehead atoms. The Labute approximate surface area is 204 Å². The SMILES string of the molecule is CC(=O)c1cc(C#N)c(-c2ccc(C(=O)Nc3ccccc3NC(=O)OC(C)(C)C)cc2)nc1C. The molecule has 0 radical (unpaired) electrons. The highest BCUT2D eigenvalue weighted by Gasteiger charge is 2.18. The fraction of sp³-hybridized carbons (Fsp3) is 0.222. The van der Waals surface area contributed by atoms with E-state index in [0.717, 1.165) is 0 Å². The first-order valence-corrected chi connectivity index (χ1v) is 10.9. The van der Waals surface area contributed by atoms with E-state index in [1.165, 1.54) is 13.0 Å². The van der Waals surface area contributed by atoms with E-state index in [9.17, 15) is 19.6 Å². The van der Waals surface area contributed by atoms with Gasteiger partial charge in [-0.2, -0.15) is 5.26 Å². The molecule has 35 heavy (non-hydrogen) atoms. The number of nitrogens with one attached hydrogen (secondary N) is 2. The topological polar surface area (TPSA) is 121 Å². The Bertz CT molecular complexity index is 1330. The van der Waals surface area contributed by atoms with Crippen molar-refractivity contribution in [2.45, 2.75) is 40.2 Å². The summed E-state index contributed by atoms with van der Waals surface area (Å²) in [4.78, 5) is 41.2. The van der Waals surface area contributed by atoms with Crippen LogP contribution in [0.1, 0.15) is 59.7 Å². The number of hydrogen-bond donors (Lipinski definition) is 2. The zero-order valence-corrected chi connectivity index (χ0v) is 20.2. The number of carbonyl (C=O) groups excluding carboxylic acids is 3. The lowest BCUT2D eigenvalue weighted by atomic mass is 10.0. The number of para-hydroxylation sites is 2. The van der Waals surface area contributed by atoms with Gasteiger partial charge in [-0.25, -0.2) is 4.79 Å². The van der Waals surface area contributed by atoms with Crippen molar-refractivity contribution in [3.8, 4) is 17.3 Å². The van der Waals surface area contributed by atoms with Crippen LogP contribution in [-0.4, -0.2) is 28.4 Å². The van der Waals surface area contributed by atoms with Gasteiger partial charge in [0.05, 0.1) is 22.6 Å². The van der Waals surface area contributed by atoms with Gasteiger partial charge in [0.2, 0.25) is 0 Å². The third kappa shape index (κ3) is 6.30. The molecule has 2 amide bonds. The summed E-state index contributed by atoms with van der Waals surface area (Å²) in [5.74, 6) is -0.543. The lowest BCUT2D eigenvalue weighted by molar-refractivity contribution is 0.0635. The molecule has 0 atom stereocenters. The molecule has 8 heteroatoms. The second kappa shape index (κ2) is 10.2. The smallest absolute Gasteiger partial charge is 0.412 e. The average Bonchev–Trinajstić information content (AvgIpc) is 2.78. The fourth-order valence-corrected chi connectivity index (χ4v) is 3.36. The van der Waals surface area contributed by atoms with E-state index in [1.54, 1.807) is 76.2 Å². The summed E-state index contributed by atoms with van der Waals surface area (Å²) >= 11 is 0. The van der Waals surface area contributed by atoms with Crippen molar-refractivity contribution in [2.75, 3.05) is 10.6 Å². The maximum Gasteiger partial charge on any atom is 0.412 e. The van der Waals surface area contributed by atoms with Gasteiger partial charge in [-0.1, -0.05) is 24.3 Å². The van der Waals surface area contributed by atoms with Gasteiger partial charge < -0.3 is 10.1 Å². The van der Waals surface area contributed by atoms with E-state index in [1.807, 2.05) is 0 Å².